The van der Waals surface area contributed by atoms with Crippen molar-refractivity contribution in [2.45, 2.75) is 13.1 Å². The third kappa shape index (κ3) is 3.03. The summed E-state index contributed by atoms with van der Waals surface area (Å²) in [6, 6.07) is 3.91. The third-order valence-electron chi connectivity index (χ3n) is 3.48. The van der Waals surface area contributed by atoms with Crippen molar-refractivity contribution in [3.63, 3.8) is 0 Å². The van der Waals surface area contributed by atoms with E-state index in [1.807, 2.05) is 11.1 Å². The van der Waals surface area contributed by atoms with Crippen molar-refractivity contribution in [3.05, 3.63) is 42.2 Å². The summed E-state index contributed by atoms with van der Waals surface area (Å²) in [6.45, 7) is 2.43. The number of amides is 1. The zero-order chi connectivity index (χ0) is 14.8. The number of anilines is 2. The molecule has 3 N–H and O–H groups in total. The number of carbonyl (C=O) groups is 1. The number of carbonyl (C=O) groups excluding carboxylic acids is 1. The van der Waals surface area contributed by atoms with Crippen molar-refractivity contribution in [2.75, 3.05) is 24.1 Å². The van der Waals surface area contributed by atoms with Gasteiger partial charge in [0.25, 0.3) is 0 Å². The number of benzene rings is 1. The second-order valence-electron chi connectivity index (χ2n) is 5.03. The smallest absolute Gasteiger partial charge is 0.238 e. The van der Waals surface area contributed by atoms with Crippen molar-refractivity contribution in [2.24, 2.45) is 0 Å². The van der Waals surface area contributed by atoms with Gasteiger partial charge in [0.05, 0.1) is 24.5 Å². The summed E-state index contributed by atoms with van der Waals surface area (Å²) in [5, 5.41) is 2.64. The Morgan fingerprint density at radius 3 is 3.14 bits per heavy atom. The molecule has 0 fully saturated rings. The average Bonchev–Trinajstić information content (AvgIpc) is 2.90. The van der Waals surface area contributed by atoms with Gasteiger partial charge in [0.15, 0.2) is 0 Å². The molecule has 0 bridgehead atoms. The highest BCUT2D eigenvalue weighted by Crippen LogP contribution is 2.19. The maximum atomic E-state index is 13.2. The molecule has 1 aliphatic rings. The lowest BCUT2D eigenvalue weighted by Gasteiger charge is -2.26. The SMILES string of the molecule is Nc1ccc(F)cc1NC(=O)CN1CCn2ccnc2C1. The number of nitrogens with one attached hydrogen (secondary N) is 1. The molecule has 110 valence electrons. The van der Waals surface area contributed by atoms with Crippen LogP contribution in [0.4, 0.5) is 15.8 Å². The van der Waals surface area contributed by atoms with Gasteiger partial charge in [-0.3, -0.25) is 9.69 Å². The minimum atomic E-state index is -0.431. The number of nitrogens with zero attached hydrogens (tertiary/aromatic N) is 3. The number of nitrogen functional groups attached to an aromatic ring is 1. The van der Waals surface area contributed by atoms with Gasteiger partial charge in [0.2, 0.25) is 5.91 Å². The van der Waals surface area contributed by atoms with Crippen LogP contribution in [0.15, 0.2) is 30.6 Å². The lowest BCUT2D eigenvalue weighted by atomic mass is 10.2. The summed E-state index contributed by atoms with van der Waals surface area (Å²) in [7, 11) is 0. The second kappa shape index (κ2) is 5.53. The van der Waals surface area contributed by atoms with E-state index in [0.29, 0.717) is 17.9 Å². The van der Waals surface area contributed by atoms with Crippen molar-refractivity contribution >= 4 is 17.3 Å². The number of hydrogen-bond donors (Lipinski definition) is 2. The topological polar surface area (TPSA) is 76.2 Å². The number of fused-ring (bicyclic) bond motifs is 1. The third-order valence-corrected chi connectivity index (χ3v) is 3.48. The van der Waals surface area contributed by atoms with Crippen LogP contribution >= 0.6 is 0 Å². The van der Waals surface area contributed by atoms with Crippen LogP contribution in [0.5, 0.6) is 0 Å². The first-order valence-electron chi connectivity index (χ1n) is 6.69. The molecule has 3 rings (SSSR count). The van der Waals surface area contributed by atoms with Gasteiger partial charge < -0.3 is 15.6 Å². The van der Waals surface area contributed by atoms with Crippen LogP contribution in [-0.4, -0.2) is 33.4 Å². The molecule has 1 aliphatic heterocycles. The molecular formula is C14H16FN5O. The van der Waals surface area contributed by atoms with Crippen molar-refractivity contribution < 1.29 is 9.18 Å². The summed E-state index contributed by atoms with van der Waals surface area (Å²) in [5.41, 5.74) is 6.36. The fraction of sp³-hybridized carbons (Fsp3) is 0.286. The molecule has 0 unspecified atom stereocenters. The minimum absolute atomic E-state index is 0.215. The molecule has 2 heterocycles. The van der Waals surface area contributed by atoms with Crippen molar-refractivity contribution in [3.8, 4) is 0 Å². The Balaban J connectivity index is 1.61. The maximum absolute atomic E-state index is 13.2. The predicted molar refractivity (Wildman–Crippen MR) is 76.9 cm³/mol. The lowest BCUT2D eigenvalue weighted by molar-refractivity contribution is -0.117. The summed E-state index contributed by atoms with van der Waals surface area (Å²) in [4.78, 5) is 18.3. The van der Waals surface area contributed by atoms with Crippen molar-refractivity contribution in [1.82, 2.24) is 14.5 Å². The molecule has 0 atom stereocenters. The quantitative estimate of drug-likeness (QED) is 0.828. The number of rotatable bonds is 3. The zero-order valence-corrected chi connectivity index (χ0v) is 11.4. The van der Waals surface area contributed by atoms with Gasteiger partial charge in [0, 0.05) is 25.5 Å². The number of hydrogen-bond acceptors (Lipinski definition) is 4. The fourth-order valence-electron chi connectivity index (χ4n) is 2.39. The average molecular weight is 289 g/mol. The number of nitrogens with two attached hydrogens (primary N) is 1. The summed E-state index contributed by atoms with van der Waals surface area (Å²) < 4.78 is 15.2. The molecule has 0 aliphatic carbocycles. The Kier molecular flexibility index (Phi) is 3.57. The Labute approximate surface area is 121 Å². The van der Waals surface area contributed by atoms with Crippen LogP contribution < -0.4 is 11.1 Å². The van der Waals surface area contributed by atoms with Gasteiger partial charge in [-0.15, -0.1) is 0 Å². The largest absolute Gasteiger partial charge is 0.397 e. The van der Waals surface area contributed by atoms with E-state index >= 15 is 0 Å². The second-order valence-corrected chi connectivity index (χ2v) is 5.03. The van der Waals surface area contributed by atoms with E-state index in [1.54, 1.807) is 6.20 Å². The molecule has 2 aromatic rings. The molecule has 1 aromatic carbocycles. The molecule has 6 nitrogen and oxygen atoms in total. The van der Waals surface area contributed by atoms with Gasteiger partial charge in [-0.05, 0) is 18.2 Å². The normalized spacial score (nSPS) is 14.7. The summed E-state index contributed by atoms with van der Waals surface area (Å²) in [5.74, 6) is 0.297. The Hall–Kier alpha value is -2.41. The van der Waals surface area contributed by atoms with Crippen LogP contribution in [0, 0.1) is 5.82 Å². The Bertz CT molecular complexity index is 669. The number of aromatic nitrogens is 2. The maximum Gasteiger partial charge on any atom is 0.238 e. The molecular weight excluding hydrogens is 273 g/mol. The highest BCUT2D eigenvalue weighted by Gasteiger charge is 2.19. The molecule has 0 saturated heterocycles. The lowest BCUT2D eigenvalue weighted by Crippen LogP contribution is -2.39. The fourth-order valence-corrected chi connectivity index (χ4v) is 2.39. The summed E-state index contributed by atoms with van der Waals surface area (Å²) >= 11 is 0. The van der Waals surface area contributed by atoms with Crippen LogP contribution in [0.3, 0.4) is 0 Å². The highest BCUT2D eigenvalue weighted by atomic mass is 19.1. The van der Waals surface area contributed by atoms with Crippen LogP contribution in [0.2, 0.25) is 0 Å². The first-order valence-corrected chi connectivity index (χ1v) is 6.69. The molecule has 0 saturated carbocycles. The van der Waals surface area contributed by atoms with Gasteiger partial charge in [-0.25, -0.2) is 9.37 Å². The molecule has 0 spiro atoms. The summed E-state index contributed by atoms with van der Waals surface area (Å²) in [6.07, 6.45) is 3.69. The van der Waals surface area contributed by atoms with E-state index in [1.165, 1.54) is 18.2 Å². The molecule has 1 amide bonds. The van der Waals surface area contributed by atoms with Gasteiger partial charge in [-0.1, -0.05) is 0 Å². The van der Waals surface area contributed by atoms with Gasteiger partial charge >= 0.3 is 0 Å². The van der Waals surface area contributed by atoms with Crippen LogP contribution in [0.1, 0.15) is 5.82 Å². The molecule has 0 radical (unpaired) electrons. The van der Waals surface area contributed by atoms with E-state index in [2.05, 4.69) is 14.9 Å². The number of halogens is 1. The standard InChI is InChI=1S/C14H16FN5O/c15-10-1-2-11(16)12(7-10)18-14(21)9-19-5-6-20-4-3-17-13(20)8-19/h1-4,7H,5-6,8-9,16H2,(H,18,21). The van der Waals surface area contributed by atoms with Crippen LogP contribution in [0.25, 0.3) is 0 Å². The first-order chi connectivity index (χ1) is 10.1. The van der Waals surface area contributed by atoms with Gasteiger partial charge in [0.1, 0.15) is 11.6 Å². The van der Waals surface area contributed by atoms with E-state index in [4.69, 9.17) is 5.73 Å². The molecule has 21 heavy (non-hydrogen) atoms. The molecule has 7 heteroatoms. The Morgan fingerprint density at radius 1 is 1.43 bits per heavy atom. The monoisotopic (exact) mass is 289 g/mol. The van der Waals surface area contributed by atoms with Crippen molar-refractivity contribution in [1.29, 1.82) is 0 Å². The predicted octanol–water partition coefficient (Wildman–Crippen LogP) is 1.06. The van der Waals surface area contributed by atoms with E-state index in [-0.39, 0.29) is 12.5 Å². The Morgan fingerprint density at radius 2 is 2.29 bits per heavy atom. The number of imidazole rings is 1. The highest BCUT2D eigenvalue weighted by molar-refractivity contribution is 5.95. The minimum Gasteiger partial charge on any atom is -0.397 e. The zero-order valence-electron chi connectivity index (χ0n) is 11.4. The van der Waals surface area contributed by atoms with E-state index in [0.717, 1.165) is 18.9 Å². The van der Waals surface area contributed by atoms with Crippen LogP contribution in [-0.2, 0) is 17.9 Å². The first kappa shape index (κ1) is 13.6. The van der Waals surface area contributed by atoms with Gasteiger partial charge in [-0.2, -0.15) is 0 Å². The van der Waals surface area contributed by atoms with E-state index < -0.39 is 5.82 Å². The molecule has 1 aromatic heterocycles. The van der Waals surface area contributed by atoms with E-state index in [9.17, 15) is 9.18 Å².